The molecule has 0 atom stereocenters. The Balaban J connectivity index is 2.58. The van der Waals surface area contributed by atoms with Gasteiger partial charge in [-0.1, -0.05) is 28.8 Å². The van der Waals surface area contributed by atoms with E-state index in [9.17, 15) is 0 Å². The second-order valence-electron chi connectivity index (χ2n) is 3.67. The average Bonchev–Trinajstić information content (AvgIpc) is 2.46. The minimum Gasteiger partial charge on any atom is -0.381 e. The van der Waals surface area contributed by atoms with Crippen LogP contribution in [0.3, 0.4) is 0 Å². The zero-order chi connectivity index (χ0) is 11.0. The molecule has 3 nitrogen and oxygen atoms in total. The van der Waals surface area contributed by atoms with E-state index in [1.54, 1.807) is 0 Å². The van der Waals surface area contributed by atoms with Crippen molar-refractivity contribution in [3.05, 3.63) is 34.3 Å². The van der Waals surface area contributed by atoms with Gasteiger partial charge in [0.2, 0.25) is 0 Å². The second-order valence-corrected chi connectivity index (χ2v) is 4.05. The van der Waals surface area contributed by atoms with Crippen molar-refractivity contribution < 1.29 is 0 Å². The highest BCUT2D eigenvalue weighted by Crippen LogP contribution is 2.30. The summed E-state index contributed by atoms with van der Waals surface area (Å²) in [5.41, 5.74) is 9.75. The number of aromatic nitrogens is 2. The molecule has 0 aliphatic heterocycles. The van der Waals surface area contributed by atoms with Gasteiger partial charge in [-0.25, -0.2) is 0 Å². The molecule has 0 aliphatic carbocycles. The quantitative estimate of drug-likeness (QED) is 0.778. The van der Waals surface area contributed by atoms with Crippen molar-refractivity contribution in [2.75, 3.05) is 5.73 Å². The summed E-state index contributed by atoms with van der Waals surface area (Å²) in [7, 11) is 0. The van der Waals surface area contributed by atoms with E-state index in [0.717, 1.165) is 11.3 Å². The summed E-state index contributed by atoms with van der Waals surface area (Å²) in [5, 5.41) is 7.20. The number of halogens is 1. The largest absolute Gasteiger partial charge is 0.381 e. The maximum atomic E-state index is 6.03. The van der Waals surface area contributed by atoms with Crippen LogP contribution in [-0.4, -0.2) is 10.2 Å². The first-order valence-corrected chi connectivity index (χ1v) is 5.03. The van der Waals surface area contributed by atoms with E-state index < -0.39 is 0 Å². The van der Waals surface area contributed by atoms with E-state index in [0.29, 0.717) is 10.8 Å². The number of nitrogen functional groups attached to an aromatic ring is 1. The first-order valence-electron chi connectivity index (χ1n) is 4.66. The summed E-state index contributed by atoms with van der Waals surface area (Å²) in [6.45, 7) is 4.09. The van der Waals surface area contributed by atoms with E-state index in [4.69, 9.17) is 17.3 Å². The molecule has 1 heterocycles. The molecule has 0 aliphatic rings. The molecule has 15 heavy (non-hydrogen) atoms. The molecule has 1 aromatic heterocycles. The van der Waals surface area contributed by atoms with Crippen LogP contribution in [0, 0.1) is 13.8 Å². The molecule has 0 saturated heterocycles. The van der Waals surface area contributed by atoms with E-state index in [1.165, 1.54) is 11.1 Å². The Bertz CT molecular complexity index is 482. The lowest BCUT2D eigenvalue weighted by molar-refractivity contribution is 1.10. The van der Waals surface area contributed by atoms with Crippen molar-refractivity contribution in [3.8, 4) is 11.3 Å². The fourth-order valence-corrected chi connectivity index (χ4v) is 1.85. The predicted octanol–water partition coefficient (Wildman–Crippen LogP) is 2.93. The zero-order valence-corrected chi connectivity index (χ0v) is 9.39. The van der Waals surface area contributed by atoms with Crippen molar-refractivity contribution in [2.45, 2.75) is 13.8 Å². The van der Waals surface area contributed by atoms with Gasteiger partial charge in [0.1, 0.15) is 5.02 Å². The Morgan fingerprint density at radius 3 is 2.27 bits per heavy atom. The Kier molecular flexibility index (Phi) is 2.40. The lowest BCUT2D eigenvalue weighted by Gasteiger charge is -2.02. The SMILES string of the molecule is Cc1cc(C)cc(-c2[nH]nc(N)c2Cl)c1. The van der Waals surface area contributed by atoms with Crippen molar-refractivity contribution in [2.24, 2.45) is 0 Å². The maximum Gasteiger partial charge on any atom is 0.164 e. The number of rotatable bonds is 1. The molecule has 2 rings (SSSR count). The molecule has 0 spiro atoms. The standard InChI is InChI=1S/C11H12ClN3/c1-6-3-7(2)5-8(4-6)10-9(12)11(13)15-14-10/h3-5H,1-2H3,(H3,13,14,15). The molecule has 0 bridgehead atoms. The Hall–Kier alpha value is -1.48. The van der Waals surface area contributed by atoms with Crippen LogP contribution in [0.15, 0.2) is 18.2 Å². The smallest absolute Gasteiger partial charge is 0.164 e. The zero-order valence-electron chi connectivity index (χ0n) is 8.63. The molecule has 0 amide bonds. The van der Waals surface area contributed by atoms with Crippen molar-refractivity contribution in [3.63, 3.8) is 0 Å². The molecular weight excluding hydrogens is 210 g/mol. The fourth-order valence-electron chi connectivity index (χ4n) is 1.65. The van der Waals surface area contributed by atoms with Gasteiger partial charge < -0.3 is 5.73 Å². The summed E-state index contributed by atoms with van der Waals surface area (Å²) in [5.74, 6) is 0.339. The van der Waals surface area contributed by atoms with Crippen LogP contribution >= 0.6 is 11.6 Å². The molecule has 0 radical (unpaired) electrons. The van der Waals surface area contributed by atoms with Gasteiger partial charge >= 0.3 is 0 Å². The van der Waals surface area contributed by atoms with E-state index >= 15 is 0 Å². The number of nitrogens with zero attached hydrogens (tertiary/aromatic N) is 1. The monoisotopic (exact) mass is 221 g/mol. The minimum absolute atomic E-state index is 0.339. The Morgan fingerprint density at radius 1 is 1.20 bits per heavy atom. The predicted molar refractivity (Wildman–Crippen MR) is 62.9 cm³/mol. The topological polar surface area (TPSA) is 54.7 Å². The first-order chi connectivity index (χ1) is 7.08. The van der Waals surface area contributed by atoms with Crippen LogP contribution in [-0.2, 0) is 0 Å². The van der Waals surface area contributed by atoms with E-state index in [2.05, 4.69) is 16.3 Å². The normalized spacial score (nSPS) is 10.6. The number of aromatic amines is 1. The Morgan fingerprint density at radius 2 is 1.80 bits per heavy atom. The number of H-pyrrole nitrogens is 1. The molecule has 0 saturated carbocycles. The lowest BCUT2D eigenvalue weighted by atomic mass is 10.1. The van der Waals surface area contributed by atoms with Crippen LogP contribution < -0.4 is 5.73 Å². The highest BCUT2D eigenvalue weighted by molar-refractivity contribution is 6.35. The second kappa shape index (κ2) is 3.59. The van der Waals surface area contributed by atoms with E-state index in [-0.39, 0.29) is 0 Å². The highest BCUT2D eigenvalue weighted by Gasteiger charge is 2.10. The van der Waals surface area contributed by atoms with Crippen LogP contribution in [0.4, 0.5) is 5.82 Å². The summed E-state index contributed by atoms with van der Waals surface area (Å²) >= 11 is 6.03. The molecule has 0 fully saturated rings. The summed E-state index contributed by atoms with van der Waals surface area (Å²) < 4.78 is 0. The van der Waals surface area contributed by atoms with Gasteiger partial charge in [-0.05, 0) is 26.0 Å². The maximum absolute atomic E-state index is 6.03. The number of hydrogen-bond acceptors (Lipinski definition) is 2. The van der Waals surface area contributed by atoms with Gasteiger partial charge in [-0.2, -0.15) is 5.10 Å². The molecule has 1 aromatic carbocycles. The first kappa shape index (κ1) is 10.1. The average molecular weight is 222 g/mol. The van der Waals surface area contributed by atoms with Gasteiger partial charge in [-0.15, -0.1) is 0 Å². The van der Waals surface area contributed by atoms with E-state index in [1.807, 2.05) is 26.0 Å². The van der Waals surface area contributed by atoms with Gasteiger partial charge in [-0.3, -0.25) is 5.10 Å². The Labute approximate surface area is 93.3 Å². The molecule has 3 N–H and O–H groups in total. The van der Waals surface area contributed by atoms with Crippen molar-refractivity contribution >= 4 is 17.4 Å². The summed E-state index contributed by atoms with van der Waals surface area (Å²) in [6.07, 6.45) is 0. The fraction of sp³-hybridized carbons (Fsp3) is 0.182. The molecular formula is C11H12ClN3. The van der Waals surface area contributed by atoms with Gasteiger partial charge in [0.25, 0.3) is 0 Å². The molecule has 2 aromatic rings. The summed E-state index contributed by atoms with van der Waals surface area (Å²) in [4.78, 5) is 0. The van der Waals surface area contributed by atoms with Crippen LogP contribution in [0.2, 0.25) is 5.02 Å². The van der Waals surface area contributed by atoms with Crippen molar-refractivity contribution in [1.82, 2.24) is 10.2 Å². The van der Waals surface area contributed by atoms with Gasteiger partial charge in [0.05, 0.1) is 5.69 Å². The molecule has 4 heteroatoms. The number of nitrogens with one attached hydrogen (secondary N) is 1. The summed E-state index contributed by atoms with van der Waals surface area (Å²) in [6, 6.07) is 6.20. The highest BCUT2D eigenvalue weighted by atomic mass is 35.5. The number of anilines is 1. The van der Waals surface area contributed by atoms with Crippen LogP contribution in [0.1, 0.15) is 11.1 Å². The van der Waals surface area contributed by atoms with Crippen LogP contribution in [0.5, 0.6) is 0 Å². The van der Waals surface area contributed by atoms with Gasteiger partial charge in [0, 0.05) is 5.56 Å². The minimum atomic E-state index is 0.339. The molecule has 78 valence electrons. The number of benzene rings is 1. The third kappa shape index (κ3) is 1.83. The molecule has 0 unspecified atom stereocenters. The lowest BCUT2D eigenvalue weighted by Crippen LogP contribution is -1.84. The number of nitrogens with two attached hydrogens (primary N) is 1. The third-order valence-corrected chi connectivity index (χ3v) is 2.63. The van der Waals surface area contributed by atoms with Crippen molar-refractivity contribution in [1.29, 1.82) is 0 Å². The number of hydrogen-bond donors (Lipinski definition) is 2. The van der Waals surface area contributed by atoms with Gasteiger partial charge in [0.15, 0.2) is 5.82 Å². The number of aryl methyl sites for hydroxylation is 2. The van der Waals surface area contributed by atoms with Crippen LogP contribution in [0.25, 0.3) is 11.3 Å². The third-order valence-electron chi connectivity index (χ3n) is 2.24.